The molecule has 0 heterocycles. The van der Waals surface area contributed by atoms with Gasteiger partial charge in [0, 0.05) is 4.47 Å². The normalized spacial score (nSPS) is 11.3. The third kappa shape index (κ3) is 6.07. The predicted octanol–water partition coefficient (Wildman–Crippen LogP) is 3.14. The molecular formula is C19H21BrN2O4. The van der Waals surface area contributed by atoms with Gasteiger partial charge in [0.2, 0.25) is 0 Å². The molecule has 0 saturated heterocycles. The van der Waals surface area contributed by atoms with Gasteiger partial charge >= 0.3 is 0 Å². The van der Waals surface area contributed by atoms with E-state index in [-0.39, 0.29) is 6.61 Å². The van der Waals surface area contributed by atoms with E-state index >= 15 is 0 Å². The second-order valence-electron chi connectivity index (χ2n) is 5.56. The monoisotopic (exact) mass is 420 g/mol. The second kappa shape index (κ2) is 9.82. The molecule has 2 amide bonds. The third-order valence-corrected chi connectivity index (χ3v) is 4.00. The Morgan fingerprint density at radius 3 is 2.50 bits per heavy atom. The van der Waals surface area contributed by atoms with Gasteiger partial charge in [0.05, 0.1) is 0 Å². The first-order chi connectivity index (χ1) is 12.5. The van der Waals surface area contributed by atoms with Crippen molar-refractivity contribution >= 4 is 27.7 Å². The van der Waals surface area contributed by atoms with Gasteiger partial charge in [-0.15, -0.1) is 0 Å². The number of nitrogens with one attached hydrogen (secondary N) is 2. The summed E-state index contributed by atoms with van der Waals surface area (Å²) in [5, 5.41) is 0. The topological polar surface area (TPSA) is 76.7 Å². The number of hydrazine groups is 1. The van der Waals surface area contributed by atoms with Crippen molar-refractivity contribution in [2.75, 3.05) is 6.61 Å². The van der Waals surface area contributed by atoms with Crippen LogP contribution in [0.5, 0.6) is 11.5 Å². The fraction of sp³-hybridized carbons (Fsp3) is 0.263. The van der Waals surface area contributed by atoms with Crippen molar-refractivity contribution in [2.24, 2.45) is 0 Å². The zero-order valence-electron chi connectivity index (χ0n) is 14.6. The number of benzene rings is 2. The summed E-state index contributed by atoms with van der Waals surface area (Å²) in [4.78, 5) is 24.0. The first-order valence-electron chi connectivity index (χ1n) is 8.19. The third-order valence-electron chi connectivity index (χ3n) is 3.51. The summed E-state index contributed by atoms with van der Waals surface area (Å²) < 4.78 is 12.0. The van der Waals surface area contributed by atoms with Crippen LogP contribution >= 0.6 is 15.9 Å². The highest BCUT2D eigenvalue weighted by Crippen LogP contribution is 2.21. The standard InChI is InChI=1S/C19H21BrN2O4/c1-3-16(26-15-7-5-4-6-8-15)19(24)22-21-18(23)12-25-17-10-9-14(20)11-13(17)2/h4-11,16H,3,12H2,1-2H3,(H,21,23)(H,22,24). The number of hydrogen-bond acceptors (Lipinski definition) is 4. The Morgan fingerprint density at radius 2 is 1.85 bits per heavy atom. The van der Waals surface area contributed by atoms with Gasteiger partial charge in [-0.2, -0.15) is 0 Å². The Morgan fingerprint density at radius 1 is 1.12 bits per heavy atom. The van der Waals surface area contributed by atoms with E-state index in [1.165, 1.54) is 0 Å². The number of ether oxygens (including phenoxy) is 2. The van der Waals surface area contributed by atoms with Gasteiger partial charge in [-0.3, -0.25) is 20.4 Å². The summed E-state index contributed by atoms with van der Waals surface area (Å²) in [6, 6.07) is 14.5. The lowest BCUT2D eigenvalue weighted by molar-refractivity contribution is -0.134. The molecule has 138 valence electrons. The molecule has 26 heavy (non-hydrogen) atoms. The van der Waals surface area contributed by atoms with Gasteiger partial charge in [-0.05, 0) is 49.2 Å². The predicted molar refractivity (Wildman–Crippen MR) is 102 cm³/mol. The number of carbonyl (C=O) groups is 2. The molecule has 7 heteroatoms. The first kappa shape index (κ1) is 19.8. The van der Waals surface area contributed by atoms with Gasteiger partial charge in [0.15, 0.2) is 12.7 Å². The number of halogens is 1. The molecule has 6 nitrogen and oxygen atoms in total. The highest BCUT2D eigenvalue weighted by Gasteiger charge is 2.19. The molecule has 2 aromatic carbocycles. The molecule has 1 atom stereocenters. The molecule has 0 radical (unpaired) electrons. The maximum Gasteiger partial charge on any atom is 0.279 e. The van der Waals surface area contributed by atoms with Crippen LogP contribution in [0, 0.1) is 6.92 Å². The molecule has 2 N–H and O–H groups in total. The lowest BCUT2D eigenvalue weighted by atomic mass is 10.2. The second-order valence-corrected chi connectivity index (χ2v) is 6.48. The fourth-order valence-electron chi connectivity index (χ4n) is 2.15. The van der Waals surface area contributed by atoms with Gasteiger partial charge in [-0.25, -0.2) is 0 Å². The Hall–Kier alpha value is -2.54. The van der Waals surface area contributed by atoms with Crippen molar-refractivity contribution in [1.82, 2.24) is 10.9 Å². The first-order valence-corrected chi connectivity index (χ1v) is 8.98. The van der Waals surface area contributed by atoms with E-state index in [0.29, 0.717) is 17.9 Å². The van der Waals surface area contributed by atoms with Crippen LogP contribution in [0.25, 0.3) is 0 Å². The van der Waals surface area contributed by atoms with Crippen LogP contribution in [0.1, 0.15) is 18.9 Å². The Labute approximate surface area is 161 Å². The van der Waals surface area contributed by atoms with E-state index in [0.717, 1.165) is 10.0 Å². The molecule has 0 aliphatic heterocycles. The van der Waals surface area contributed by atoms with Gasteiger partial charge in [0.25, 0.3) is 11.8 Å². The molecule has 0 saturated carbocycles. The molecule has 0 fully saturated rings. The zero-order chi connectivity index (χ0) is 18.9. The molecule has 0 aliphatic rings. The molecule has 1 unspecified atom stereocenters. The van der Waals surface area contributed by atoms with Gasteiger partial charge in [-0.1, -0.05) is 41.1 Å². The number of aryl methyl sites for hydroxylation is 1. The fourth-order valence-corrected chi connectivity index (χ4v) is 2.63. The number of para-hydroxylation sites is 1. The van der Waals surface area contributed by atoms with Crippen LogP contribution in [-0.4, -0.2) is 24.5 Å². The Kier molecular flexibility index (Phi) is 7.47. The molecule has 2 rings (SSSR count). The lowest BCUT2D eigenvalue weighted by Gasteiger charge is -2.17. The summed E-state index contributed by atoms with van der Waals surface area (Å²) in [6.45, 7) is 3.50. The number of carbonyl (C=O) groups excluding carboxylic acids is 2. The smallest absolute Gasteiger partial charge is 0.279 e. The Balaban J connectivity index is 1.79. The zero-order valence-corrected chi connectivity index (χ0v) is 16.2. The van der Waals surface area contributed by atoms with Crippen LogP contribution in [0.15, 0.2) is 53.0 Å². The highest BCUT2D eigenvalue weighted by molar-refractivity contribution is 9.10. The minimum Gasteiger partial charge on any atom is -0.483 e. The van der Waals surface area contributed by atoms with E-state index in [2.05, 4.69) is 26.8 Å². The van der Waals surface area contributed by atoms with Crippen molar-refractivity contribution in [3.63, 3.8) is 0 Å². The molecular weight excluding hydrogens is 400 g/mol. The van der Waals surface area contributed by atoms with Crippen LogP contribution in [-0.2, 0) is 9.59 Å². The van der Waals surface area contributed by atoms with E-state index in [9.17, 15) is 9.59 Å². The molecule has 0 aromatic heterocycles. The molecule has 0 spiro atoms. The highest BCUT2D eigenvalue weighted by atomic mass is 79.9. The number of rotatable bonds is 7. The molecule has 0 aliphatic carbocycles. The summed E-state index contributed by atoms with van der Waals surface area (Å²) >= 11 is 3.37. The van der Waals surface area contributed by atoms with E-state index in [4.69, 9.17) is 9.47 Å². The van der Waals surface area contributed by atoms with E-state index in [1.807, 2.05) is 44.2 Å². The van der Waals surface area contributed by atoms with Crippen LogP contribution in [0.2, 0.25) is 0 Å². The van der Waals surface area contributed by atoms with Crippen molar-refractivity contribution in [3.05, 3.63) is 58.6 Å². The quantitative estimate of drug-likeness (QED) is 0.674. The van der Waals surface area contributed by atoms with Crippen LogP contribution in [0.3, 0.4) is 0 Å². The van der Waals surface area contributed by atoms with Crippen molar-refractivity contribution < 1.29 is 19.1 Å². The summed E-state index contributed by atoms with van der Waals surface area (Å²) in [6.07, 6.45) is -0.238. The van der Waals surface area contributed by atoms with Crippen LogP contribution in [0.4, 0.5) is 0 Å². The number of hydrogen-bond donors (Lipinski definition) is 2. The van der Waals surface area contributed by atoms with Crippen molar-refractivity contribution in [3.8, 4) is 11.5 Å². The largest absolute Gasteiger partial charge is 0.483 e. The summed E-state index contributed by atoms with van der Waals surface area (Å²) in [5.74, 6) is 0.308. The van der Waals surface area contributed by atoms with Crippen molar-refractivity contribution in [1.29, 1.82) is 0 Å². The average Bonchev–Trinajstić information content (AvgIpc) is 2.64. The van der Waals surface area contributed by atoms with Gasteiger partial charge < -0.3 is 9.47 Å². The minimum absolute atomic E-state index is 0.209. The lowest BCUT2D eigenvalue weighted by Crippen LogP contribution is -2.49. The van der Waals surface area contributed by atoms with Crippen LogP contribution < -0.4 is 20.3 Å². The van der Waals surface area contributed by atoms with E-state index < -0.39 is 17.9 Å². The molecule has 2 aromatic rings. The summed E-state index contributed by atoms with van der Waals surface area (Å²) in [5.41, 5.74) is 5.60. The maximum absolute atomic E-state index is 12.2. The van der Waals surface area contributed by atoms with Crippen molar-refractivity contribution in [2.45, 2.75) is 26.4 Å². The summed E-state index contributed by atoms with van der Waals surface area (Å²) in [7, 11) is 0. The minimum atomic E-state index is -0.702. The maximum atomic E-state index is 12.2. The van der Waals surface area contributed by atoms with Gasteiger partial charge in [0.1, 0.15) is 11.5 Å². The van der Waals surface area contributed by atoms with E-state index in [1.54, 1.807) is 18.2 Å². The Bertz CT molecular complexity index is 752. The number of amides is 2. The molecule has 0 bridgehead atoms. The SMILES string of the molecule is CCC(Oc1ccccc1)C(=O)NNC(=O)COc1ccc(Br)cc1C. The average molecular weight is 421 g/mol.